The van der Waals surface area contributed by atoms with Gasteiger partial charge in [0.2, 0.25) is 0 Å². The fourth-order valence-corrected chi connectivity index (χ4v) is 0.637. The van der Waals surface area contributed by atoms with E-state index in [0.717, 1.165) is 0 Å². The van der Waals surface area contributed by atoms with E-state index in [1.54, 1.807) is 13.8 Å². The summed E-state index contributed by atoms with van der Waals surface area (Å²) in [6.45, 7) is 4.51. The fourth-order valence-electron chi connectivity index (χ4n) is 0.483. The Labute approximate surface area is 59.8 Å². The highest BCUT2D eigenvalue weighted by Gasteiger charge is 2.28. The molecule has 0 amide bonds. The van der Waals surface area contributed by atoms with E-state index in [2.05, 4.69) is 0 Å². The average molecular weight is 151 g/mol. The Hall–Kier alpha value is -0.0800. The number of hydrogen-bond acceptors (Lipinski definition) is 2. The summed E-state index contributed by atoms with van der Waals surface area (Å²) in [6.07, 6.45) is -1.06. The van der Waals surface area contributed by atoms with Gasteiger partial charge in [0, 0.05) is 0 Å². The van der Waals surface area contributed by atoms with E-state index >= 15 is 0 Å². The molecule has 9 heavy (non-hydrogen) atoms. The molecule has 0 radical (unpaired) electrons. The second-order valence-corrected chi connectivity index (χ2v) is 3.55. The molecular formula is C6H11ClO2. The van der Waals surface area contributed by atoms with Gasteiger partial charge in [-0.1, -0.05) is 0 Å². The predicted octanol–water partition coefficient (Wildman–Crippen LogP) is 0.954. The van der Waals surface area contributed by atoms with Gasteiger partial charge in [0.15, 0.2) is 5.78 Å². The zero-order valence-electron chi connectivity index (χ0n) is 5.81. The molecule has 0 aliphatic rings. The summed E-state index contributed by atoms with van der Waals surface area (Å²) in [5.74, 6) is -0.296. The van der Waals surface area contributed by atoms with Crippen molar-refractivity contribution in [2.75, 3.05) is 0 Å². The maximum absolute atomic E-state index is 10.5. The van der Waals surface area contributed by atoms with Crippen LogP contribution in [0.5, 0.6) is 0 Å². The van der Waals surface area contributed by atoms with Crippen molar-refractivity contribution in [3.63, 3.8) is 0 Å². The summed E-state index contributed by atoms with van der Waals surface area (Å²) in [5, 5.41) is 8.98. The number of Topliss-reactive ketones (excluding diaryl/α,β-unsaturated/α-hetero) is 1. The lowest BCUT2D eigenvalue weighted by molar-refractivity contribution is -0.126. The highest BCUT2D eigenvalue weighted by atomic mass is 35.5. The Balaban J connectivity index is 4.04. The lowest BCUT2D eigenvalue weighted by Gasteiger charge is -2.20. The predicted molar refractivity (Wildman–Crippen MR) is 36.6 cm³/mol. The number of aliphatic hydroxyl groups is 1. The lowest BCUT2D eigenvalue weighted by atomic mass is 10.0. The number of hydrogen-bond donors (Lipinski definition) is 1. The third-order valence-electron chi connectivity index (χ3n) is 1.04. The smallest absolute Gasteiger partial charge is 0.159 e. The van der Waals surface area contributed by atoms with Crippen molar-refractivity contribution in [3.05, 3.63) is 0 Å². The highest BCUT2D eigenvalue weighted by Crippen LogP contribution is 2.18. The van der Waals surface area contributed by atoms with Gasteiger partial charge in [0.05, 0.1) is 4.87 Å². The van der Waals surface area contributed by atoms with E-state index in [0.29, 0.717) is 0 Å². The van der Waals surface area contributed by atoms with Crippen molar-refractivity contribution in [2.24, 2.45) is 0 Å². The first-order chi connectivity index (χ1) is 3.85. The molecule has 0 rings (SSSR count). The van der Waals surface area contributed by atoms with Crippen LogP contribution in [0.3, 0.4) is 0 Å². The molecule has 0 aliphatic carbocycles. The third kappa shape index (κ3) is 2.82. The van der Waals surface area contributed by atoms with Crippen molar-refractivity contribution in [1.29, 1.82) is 0 Å². The summed E-state index contributed by atoms with van der Waals surface area (Å²) in [6, 6.07) is 0. The Bertz CT molecular complexity index is 115. The lowest BCUT2D eigenvalue weighted by Crippen LogP contribution is -2.35. The molecule has 0 aromatic carbocycles. The molecule has 54 valence electrons. The minimum absolute atomic E-state index is 0.296. The summed E-state index contributed by atoms with van der Waals surface area (Å²) >= 11 is 5.61. The quantitative estimate of drug-likeness (QED) is 0.596. The van der Waals surface area contributed by atoms with Gasteiger partial charge in [-0.25, -0.2) is 0 Å². The SMILES string of the molecule is CC(=O)C(O)C(C)(C)Cl. The highest BCUT2D eigenvalue weighted by molar-refractivity contribution is 6.25. The molecule has 0 spiro atoms. The van der Waals surface area contributed by atoms with Gasteiger partial charge in [-0.2, -0.15) is 0 Å². The van der Waals surface area contributed by atoms with E-state index in [9.17, 15) is 4.79 Å². The van der Waals surface area contributed by atoms with Crippen LogP contribution in [0.25, 0.3) is 0 Å². The Morgan fingerprint density at radius 2 is 2.00 bits per heavy atom. The molecular weight excluding hydrogens is 140 g/mol. The van der Waals surface area contributed by atoms with Crippen LogP contribution >= 0.6 is 11.6 Å². The number of halogens is 1. The number of aliphatic hydroxyl groups excluding tert-OH is 1. The van der Waals surface area contributed by atoms with Crippen LogP contribution in [-0.2, 0) is 4.79 Å². The summed E-state index contributed by atoms with van der Waals surface area (Å²) in [5.41, 5.74) is 0. The molecule has 1 N–H and O–H groups in total. The molecule has 0 heterocycles. The van der Waals surface area contributed by atoms with E-state index in [4.69, 9.17) is 16.7 Å². The first-order valence-corrected chi connectivity index (χ1v) is 3.11. The molecule has 0 aliphatic heterocycles. The first-order valence-electron chi connectivity index (χ1n) is 2.73. The molecule has 0 saturated carbocycles. The molecule has 2 nitrogen and oxygen atoms in total. The number of ketones is 1. The van der Waals surface area contributed by atoms with Crippen LogP contribution in [0.4, 0.5) is 0 Å². The van der Waals surface area contributed by atoms with Crippen molar-refractivity contribution in [1.82, 2.24) is 0 Å². The van der Waals surface area contributed by atoms with Crippen molar-refractivity contribution in [3.8, 4) is 0 Å². The largest absolute Gasteiger partial charge is 0.384 e. The minimum Gasteiger partial charge on any atom is -0.384 e. The van der Waals surface area contributed by atoms with Crippen molar-refractivity contribution >= 4 is 17.4 Å². The van der Waals surface area contributed by atoms with Crippen LogP contribution in [0, 0.1) is 0 Å². The second-order valence-electron chi connectivity index (χ2n) is 2.58. The average Bonchev–Trinajstić information content (AvgIpc) is 1.62. The van der Waals surface area contributed by atoms with E-state index in [-0.39, 0.29) is 5.78 Å². The van der Waals surface area contributed by atoms with Crippen LogP contribution in [-0.4, -0.2) is 21.9 Å². The standard InChI is InChI=1S/C6H11ClO2/c1-4(8)5(9)6(2,3)7/h5,9H,1-3H3. The summed E-state index contributed by atoms with van der Waals surface area (Å²) in [4.78, 5) is 9.61. The van der Waals surface area contributed by atoms with Crippen LogP contribution in [0.1, 0.15) is 20.8 Å². The van der Waals surface area contributed by atoms with E-state index in [1.165, 1.54) is 6.92 Å². The van der Waals surface area contributed by atoms with Gasteiger partial charge in [-0.15, -0.1) is 11.6 Å². The maximum atomic E-state index is 10.5. The minimum atomic E-state index is -1.06. The zero-order chi connectivity index (χ0) is 7.65. The number of carbonyl (C=O) groups is 1. The maximum Gasteiger partial charge on any atom is 0.159 e. The molecule has 0 fully saturated rings. The topological polar surface area (TPSA) is 37.3 Å². The van der Waals surface area contributed by atoms with Crippen LogP contribution in [0.15, 0.2) is 0 Å². The van der Waals surface area contributed by atoms with Gasteiger partial charge >= 0.3 is 0 Å². The van der Waals surface area contributed by atoms with E-state index in [1.807, 2.05) is 0 Å². The van der Waals surface area contributed by atoms with Crippen molar-refractivity contribution < 1.29 is 9.90 Å². The molecule has 3 heteroatoms. The second kappa shape index (κ2) is 2.67. The fraction of sp³-hybridized carbons (Fsp3) is 0.833. The molecule has 0 bridgehead atoms. The van der Waals surface area contributed by atoms with Crippen LogP contribution in [0.2, 0.25) is 0 Å². The van der Waals surface area contributed by atoms with Gasteiger partial charge in [0.25, 0.3) is 0 Å². The number of carbonyl (C=O) groups excluding carboxylic acids is 1. The number of alkyl halides is 1. The van der Waals surface area contributed by atoms with Crippen LogP contribution < -0.4 is 0 Å². The molecule has 0 saturated heterocycles. The third-order valence-corrected chi connectivity index (χ3v) is 1.24. The molecule has 1 atom stereocenters. The Morgan fingerprint density at radius 3 is 2.00 bits per heavy atom. The normalized spacial score (nSPS) is 15.2. The van der Waals surface area contributed by atoms with Gasteiger partial charge in [0.1, 0.15) is 6.10 Å². The molecule has 0 aromatic heterocycles. The van der Waals surface area contributed by atoms with Crippen molar-refractivity contribution in [2.45, 2.75) is 31.7 Å². The first kappa shape index (κ1) is 8.92. The van der Waals surface area contributed by atoms with Gasteiger partial charge < -0.3 is 5.11 Å². The monoisotopic (exact) mass is 150 g/mol. The molecule has 0 aromatic rings. The van der Waals surface area contributed by atoms with Gasteiger partial charge in [-0.3, -0.25) is 4.79 Å². The van der Waals surface area contributed by atoms with Gasteiger partial charge in [-0.05, 0) is 20.8 Å². The summed E-state index contributed by atoms with van der Waals surface area (Å²) in [7, 11) is 0. The summed E-state index contributed by atoms with van der Waals surface area (Å²) < 4.78 is 0. The Morgan fingerprint density at radius 1 is 1.67 bits per heavy atom. The number of rotatable bonds is 2. The Kier molecular flexibility index (Phi) is 2.65. The molecule has 1 unspecified atom stereocenters. The zero-order valence-corrected chi connectivity index (χ0v) is 6.57. The van der Waals surface area contributed by atoms with E-state index < -0.39 is 11.0 Å².